The summed E-state index contributed by atoms with van der Waals surface area (Å²) in [5.41, 5.74) is 2.29. The van der Waals surface area contributed by atoms with E-state index in [1.165, 1.54) is 11.8 Å². The fourth-order valence-electron chi connectivity index (χ4n) is 2.29. The number of hydrogen-bond donors (Lipinski definition) is 1. The molecule has 0 aliphatic carbocycles. The monoisotopic (exact) mass is 234 g/mol. The first kappa shape index (κ1) is 12.1. The number of nitrogens with one attached hydrogen (secondary N) is 1. The summed E-state index contributed by atoms with van der Waals surface area (Å²) in [4.78, 5) is 0. The van der Waals surface area contributed by atoms with E-state index in [1.807, 2.05) is 13.1 Å². The van der Waals surface area contributed by atoms with Gasteiger partial charge in [-0.3, -0.25) is 0 Å². The first-order valence-electron chi connectivity index (χ1n) is 6.02. The van der Waals surface area contributed by atoms with Crippen LogP contribution >= 0.6 is 0 Å². The molecule has 1 atom stereocenters. The summed E-state index contributed by atoms with van der Waals surface area (Å²) in [6.45, 7) is 6.41. The van der Waals surface area contributed by atoms with Crippen LogP contribution in [0.2, 0.25) is 0 Å². The van der Waals surface area contributed by atoms with Gasteiger partial charge in [-0.25, -0.2) is 4.39 Å². The molecule has 0 radical (unpaired) electrons. The van der Waals surface area contributed by atoms with Crippen LogP contribution in [0.15, 0.2) is 24.3 Å². The lowest BCUT2D eigenvalue weighted by Crippen LogP contribution is -2.17. The molecule has 1 unspecified atom stereocenters. The zero-order valence-corrected chi connectivity index (χ0v) is 10.8. The first-order chi connectivity index (χ1) is 8.04. The topological polar surface area (TPSA) is 17.0 Å². The van der Waals surface area contributed by atoms with Crippen LogP contribution in [0.3, 0.4) is 0 Å². The van der Waals surface area contributed by atoms with E-state index in [0.717, 1.165) is 10.9 Å². The van der Waals surface area contributed by atoms with E-state index >= 15 is 0 Å². The number of rotatable bonds is 3. The number of aromatic nitrogens is 1. The highest BCUT2D eigenvalue weighted by atomic mass is 19.1. The summed E-state index contributed by atoms with van der Waals surface area (Å²) in [6.07, 6.45) is 0. The zero-order chi connectivity index (χ0) is 12.6. The fourth-order valence-corrected chi connectivity index (χ4v) is 2.29. The Balaban J connectivity index is 2.70. The van der Waals surface area contributed by atoms with Gasteiger partial charge in [-0.05, 0) is 52.1 Å². The van der Waals surface area contributed by atoms with Gasteiger partial charge in [-0.1, -0.05) is 0 Å². The van der Waals surface area contributed by atoms with E-state index in [1.54, 1.807) is 6.07 Å². The van der Waals surface area contributed by atoms with Crippen LogP contribution in [0.4, 0.5) is 4.39 Å². The second kappa shape index (κ2) is 4.49. The van der Waals surface area contributed by atoms with Crippen LogP contribution in [0, 0.1) is 5.82 Å². The second-order valence-corrected chi connectivity index (χ2v) is 4.75. The van der Waals surface area contributed by atoms with E-state index in [2.05, 4.69) is 36.7 Å². The van der Waals surface area contributed by atoms with Crippen molar-refractivity contribution in [2.75, 3.05) is 7.05 Å². The quantitative estimate of drug-likeness (QED) is 0.858. The van der Waals surface area contributed by atoms with Gasteiger partial charge in [-0.15, -0.1) is 0 Å². The highest BCUT2D eigenvalue weighted by molar-refractivity contribution is 5.81. The largest absolute Gasteiger partial charge is 0.341 e. The molecule has 92 valence electrons. The van der Waals surface area contributed by atoms with E-state index in [9.17, 15) is 4.39 Å². The Morgan fingerprint density at radius 1 is 1.18 bits per heavy atom. The van der Waals surface area contributed by atoms with Gasteiger partial charge in [0.1, 0.15) is 5.82 Å². The molecule has 1 heterocycles. The van der Waals surface area contributed by atoms with Gasteiger partial charge in [-0.2, -0.15) is 0 Å². The molecule has 0 bridgehead atoms. The molecule has 1 aromatic heterocycles. The molecular formula is C14H19FN2. The molecule has 0 saturated heterocycles. The lowest BCUT2D eigenvalue weighted by Gasteiger charge is -2.18. The van der Waals surface area contributed by atoms with Gasteiger partial charge >= 0.3 is 0 Å². The lowest BCUT2D eigenvalue weighted by molar-refractivity contribution is 0.535. The van der Waals surface area contributed by atoms with Crippen molar-refractivity contribution in [2.45, 2.75) is 32.9 Å². The molecule has 1 aromatic carbocycles. The van der Waals surface area contributed by atoms with Crippen molar-refractivity contribution < 1.29 is 4.39 Å². The molecule has 2 rings (SSSR count). The molecule has 2 nitrogen and oxygen atoms in total. The molecule has 0 aliphatic heterocycles. The normalized spacial score (nSPS) is 13.5. The van der Waals surface area contributed by atoms with Gasteiger partial charge in [0.25, 0.3) is 0 Å². The van der Waals surface area contributed by atoms with Crippen molar-refractivity contribution >= 4 is 10.9 Å². The van der Waals surface area contributed by atoms with Gasteiger partial charge in [0, 0.05) is 28.7 Å². The number of nitrogens with zero attached hydrogens (tertiary/aromatic N) is 1. The van der Waals surface area contributed by atoms with Gasteiger partial charge in [0.2, 0.25) is 0 Å². The van der Waals surface area contributed by atoms with Crippen LogP contribution in [0.1, 0.15) is 38.5 Å². The number of fused-ring (bicyclic) bond motifs is 1. The predicted molar refractivity (Wildman–Crippen MR) is 69.8 cm³/mol. The Labute approximate surface area is 101 Å². The van der Waals surface area contributed by atoms with Crippen molar-refractivity contribution in [3.05, 3.63) is 35.8 Å². The van der Waals surface area contributed by atoms with Gasteiger partial charge in [0.05, 0.1) is 0 Å². The van der Waals surface area contributed by atoms with Crippen LogP contribution in [0.25, 0.3) is 10.9 Å². The van der Waals surface area contributed by atoms with Crippen molar-refractivity contribution in [1.29, 1.82) is 0 Å². The first-order valence-corrected chi connectivity index (χ1v) is 6.02. The minimum Gasteiger partial charge on any atom is -0.341 e. The molecular weight excluding hydrogens is 215 g/mol. The molecule has 0 saturated carbocycles. The van der Waals surface area contributed by atoms with Crippen LogP contribution in [-0.4, -0.2) is 11.6 Å². The Morgan fingerprint density at radius 3 is 2.47 bits per heavy atom. The third-order valence-corrected chi connectivity index (χ3v) is 3.22. The minimum absolute atomic E-state index is 0.179. The Hall–Kier alpha value is -1.35. The maximum Gasteiger partial charge on any atom is 0.123 e. The van der Waals surface area contributed by atoms with Gasteiger partial charge < -0.3 is 9.88 Å². The zero-order valence-electron chi connectivity index (χ0n) is 10.8. The summed E-state index contributed by atoms with van der Waals surface area (Å²) in [6, 6.07) is 7.67. The average molecular weight is 234 g/mol. The standard InChI is InChI=1S/C14H19FN2/c1-9(2)17-13-6-5-12(15)7-11(13)8-14(17)10(3)16-4/h5-10,16H,1-4H3. The summed E-state index contributed by atoms with van der Waals surface area (Å²) >= 11 is 0. The summed E-state index contributed by atoms with van der Waals surface area (Å²) in [5.74, 6) is -0.179. The highest BCUT2D eigenvalue weighted by Gasteiger charge is 2.15. The Morgan fingerprint density at radius 2 is 1.88 bits per heavy atom. The maximum atomic E-state index is 13.2. The molecule has 3 heteroatoms. The number of halogens is 1. The van der Waals surface area contributed by atoms with E-state index in [0.29, 0.717) is 6.04 Å². The van der Waals surface area contributed by atoms with Crippen LogP contribution < -0.4 is 5.32 Å². The van der Waals surface area contributed by atoms with E-state index < -0.39 is 0 Å². The molecule has 0 fully saturated rings. The van der Waals surface area contributed by atoms with Crippen molar-refractivity contribution in [2.24, 2.45) is 0 Å². The Bertz CT molecular complexity index is 528. The van der Waals surface area contributed by atoms with Gasteiger partial charge in [0.15, 0.2) is 0 Å². The van der Waals surface area contributed by atoms with Crippen LogP contribution in [-0.2, 0) is 0 Å². The van der Waals surface area contributed by atoms with Crippen molar-refractivity contribution in [3.8, 4) is 0 Å². The summed E-state index contributed by atoms with van der Waals surface area (Å²) in [5, 5.41) is 4.21. The molecule has 2 aromatic rings. The highest BCUT2D eigenvalue weighted by Crippen LogP contribution is 2.28. The minimum atomic E-state index is -0.179. The third kappa shape index (κ3) is 2.07. The summed E-state index contributed by atoms with van der Waals surface area (Å²) < 4.78 is 15.5. The Kier molecular flexibility index (Phi) is 3.20. The average Bonchev–Trinajstić information content (AvgIpc) is 2.66. The maximum absolute atomic E-state index is 13.2. The van der Waals surface area contributed by atoms with E-state index in [4.69, 9.17) is 0 Å². The number of benzene rings is 1. The second-order valence-electron chi connectivity index (χ2n) is 4.75. The van der Waals surface area contributed by atoms with Crippen molar-refractivity contribution in [3.63, 3.8) is 0 Å². The van der Waals surface area contributed by atoms with E-state index in [-0.39, 0.29) is 11.9 Å². The predicted octanol–water partition coefficient (Wildman–Crippen LogP) is 3.64. The van der Waals surface area contributed by atoms with Crippen LogP contribution in [0.5, 0.6) is 0 Å². The fraction of sp³-hybridized carbons (Fsp3) is 0.429. The molecule has 1 N–H and O–H groups in total. The SMILES string of the molecule is CNC(C)c1cc2cc(F)ccc2n1C(C)C. The molecule has 0 spiro atoms. The molecule has 0 amide bonds. The third-order valence-electron chi connectivity index (χ3n) is 3.22. The summed E-state index contributed by atoms with van der Waals surface area (Å²) in [7, 11) is 1.94. The lowest BCUT2D eigenvalue weighted by atomic mass is 10.2. The molecule has 0 aliphatic rings. The molecule has 17 heavy (non-hydrogen) atoms. The van der Waals surface area contributed by atoms with Crippen molar-refractivity contribution in [1.82, 2.24) is 9.88 Å². The number of hydrogen-bond acceptors (Lipinski definition) is 1. The smallest absolute Gasteiger partial charge is 0.123 e.